The summed E-state index contributed by atoms with van der Waals surface area (Å²) in [5, 5.41) is 9.51. The van der Waals surface area contributed by atoms with E-state index in [4.69, 9.17) is 0 Å². The van der Waals surface area contributed by atoms with Crippen LogP contribution in [0.3, 0.4) is 0 Å². The molecule has 2 aromatic rings. The number of hydrogen-bond donors (Lipinski definition) is 1. The third kappa shape index (κ3) is 5.78. The molecule has 2 fully saturated rings. The van der Waals surface area contributed by atoms with Crippen LogP contribution in [0, 0.1) is 0 Å². The Labute approximate surface area is 203 Å². The molecule has 2 aliphatic rings. The van der Waals surface area contributed by atoms with E-state index >= 15 is 0 Å². The number of aliphatic hydroxyl groups excluding tert-OH is 1. The van der Waals surface area contributed by atoms with E-state index in [1.807, 2.05) is 24.3 Å². The topological polar surface area (TPSA) is 47.0 Å². The van der Waals surface area contributed by atoms with Crippen molar-refractivity contribution in [3.05, 3.63) is 54.1 Å². The maximum absolute atomic E-state index is 14.0. The van der Waals surface area contributed by atoms with Gasteiger partial charge in [-0.1, -0.05) is 24.3 Å². The van der Waals surface area contributed by atoms with Crippen molar-refractivity contribution in [2.45, 2.75) is 57.3 Å². The van der Waals surface area contributed by atoms with Gasteiger partial charge in [-0.3, -0.25) is 4.79 Å². The van der Waals surface area contributed by atoms with Crippen LogP contribution in [-0.2, 0) is 0 Å². The highest BCUT2D eigenvalue weighted by Crippen LogP contribution is 2.28. The first-order valence-corrected chi connectivity index (χ1v) is 12.5. The second-order valence-corrected chi connectivity index (χ2v) is 10.4. The molecular weight excluding hydrogens is 429 g/mol. The summed E-state index contributed by atoms with van der Waals surface area (Å²) in [6.45, 7) is 6.41. The summed E-state index contributed by atoms with van der Waals surface area (Å²) in [4.78, 5) is 19.2. The second-order valence-electron chi connectivity index (χ2n) is 10.4. The Hall–Kier alpha value is -2.44. The monoisotopic (exact) mass is 467 g/mol. The van der Waals surface area contributed by atoms with Crippen molar-refractivity contribution in [1.82, 2.24) is 9.80 Å². The zero-order valence-corrected chi connectivity index (χ0v) is 20.7. The highest BCUT2D eigenvalue weighted by atomic mass is 19.1. The SMILES string of the molecule is CN(c1ccc(-c2ccc(C(=O)N3CCC[C@@H]3CO)cc2)cc1)C1CCN(CC(C)(C)F)CC1. The van der Waals surface area contributed by atoms with Crippen molar-refractivity contribution >= 4 is 11.6 Å². The van der Waals surface area contributed by atoms with E-state index in [0.717, 1.165) is 49.9 Å². The quantitative estimate of drug-likeness (QED) is 0.647. The Bertz CT molecular complexity index is 947. The molecular formula is C28H38FN3O2. The molecule has 1 atom stereocenters. The predicted octanol–water partition coefficient (Wildman–Crippen LogP) is 4.60. The van der Waals surface area contributed by atoms with Gasteiger partial charge in [-0.25, -0.2) is 4.39 Å². The highest BCUT2D eigenvalue weighted by molar-refractivity contribution is 5.95. The van der Waals surface area contributed by atoms with Gasteiger partial charge in [-0.15, -0.1) is 0 Å². The zero-order valence-electron chi connectivity index (χ0n) is 20.7. The van der Waals surface area contributed by atoms with Crippen LogP contribution in [-0.4, -0.2) is 78.4 Å². The standard InChI is InChI=1S/C28H38FN3O2/c1-28(2,29)20-31-17-14-25(15-18-31)30(3)24-12-10-22(11-13-24)21-6-8-23(9-7-21)27(34)32-16-4-5-26(32)19-33/h6-13,25-26,33H,4-5,14-20H2,1-3H3/t26-/m1/s1. The van der Waals surface area contributed by atoms with Crippen molar-refractivity contribution in [3.8, 4) is 11.1 Å². The Morgan fingerprint density at radius 1 is 1.00 bits per heavy atom. The van der Waals surface area contributed by atoms with E-state index < -0.39 is 5.67 Å². The number of carbonyl (C=O) groups excluding carboxylic acids is 1. The fourth-order valence-corrected chi connectivity index (χ4v) is 5.36. The van der Waals surface area contributed by atoms with E-state index in [1.54, 1.807) is 18.7 Å². The number of anilines is 1. The number of hydrogen-bond acceptors (Lipinski definition) is 4. The minimum Gasteiger partial charge on any atom is -0.394 e. The average molecular weight is 468 g/mol. The van der Waals surface area contributed by atoms with Crippen LogP contribution in [0.25, 0.3) is 11.1 Å². The number of amides is 1. The summed E-state index contributed by atoms with van der Waals surface area (Å²) < 4.78 is 14.0. The van der Waals surface area contributed by atoms with Crippen LogP contribution in [0.1, 0.15) is 49.9 Å². The molecule has 0 saturated carbocycles. The van der Waals surface area contributed by atoms with E-state index in [1.165, 1.54) is 5.69 Å². The van der Waals surface area contributed by atoms with Gasteiger partial charge < -0.3 is 19.8 Å². The Morgan fingerprint density at radius 3 is 2.15 bits per heavy atom. The van der Waals surface area contributed by atoms with Crippen molar-refractivity contribution < 1.29 is 14.3 Å². The van der Waals surface area contributed by atoms with Crippen molar-refractivity contribution in [1.29, 1.82) is 0 Å². The number of piperidine rings is 1. The minimum atomic E-state index is -1.14. The first kappa shape index (κ1) is 24.7. The fourth-order valence-electron chi connectivity index (χ4n) is 5.36. The molecule has 0 aromatic heterocycles. The predicted molar refractivity (Wildman–Crippen MR) is 136 cm³/mol. The van der Waals surface area contributed by atoms with Crippen LogP contribution in [0.2, 0.25) is 0 Å². The maximum Gasteiger partial charge on any atom is 0.254 e. The molecule has 2 heterocycles. The number of nitrogens with zero attached hydrogens (tertiary/aromatic N) is 3. The zero-order chi connectivity index (χ0) is 24.3. The first-order valence-electron chi connectivity index (χ1n) is 12.5. The summed E-state index contributed by atoms with van der Waals surface area (Å²) in [7, 11) is 2.15. The van der Waals surface area contributed by atoms with Crippen LogP contribution in [0.4, 0.5) is 10.1 Å². The van der Waals surface area contributed by atoms with Gasteiger partial charge in [-0.2, -0.15) is 0 Å². The molecule has 1 amide bonds. The lowest BCUT2D eigenvalue weighted by Crippen LogP contribution is -2.46. The van der Waals surface area contributed by atoms with Crippen LogP contribution in [0.15, 0.2) is 48.5 Å². The molecule has 6 heteroatoms. The van der Waals surface area contributed by atoms with Crippen molar-refractivity contribution in [3.63, 3.8) is 0 Å². The molecule has 0 radical (unpaired) electrons. The van der Waals surface area contributed by atoms with Gasteiger partial charge >= 0.3 is 0 Å². The molecule has 0 bridgehead atoms. The second kappa shape index (κ2) is 10.4. The number of halogens is 1. The van der Waals surface area contributed by atoms with E-state index in [2.05, 4.69) is 41.1 Å². The minimum absolute atomic E-state index is 0.00111. The number of carbonyl (C=O) groups is 1. The smallest absolute Gasteiger partial charge is 0.254 e. The summed E-state index contributed by atoms with van der Waals surface area (Å²) >= 11 is 0. The summed E-state index contributed by atoms with van der Waals surface area (Å²) in [5.74, 6) is 0.00111. The van der Waals surface area contributed by atoms with Gasteiger partial charge in [0.25, 0.3) is 5.91 Å². The molecule has 2 saturated heterocycles. The van der Waals surface area contributed by atoms with Gasteiger partial charge in [0.1, 0.15) is 5.67 Å². The first-order chi connectivity index (χ1) is 16.2. The molecule has 0 unspecified atom stereocenters. The molecule has 5 nitrogen and oxygen atoms in total. The number of likely N-dealkylation sites (tertiary alicyclic amines) is 2. The lowest BCUT2D eigenvalue weighted by molar-refractivity contribution is 0.0677. The third-order valence-corrected chi connectivity index (χ3v) is 7.29. The number of alkyl halides is 1. The third-order valence-electron chi connectivity index (χ3n) is 7.29. The van der Waals surface area contributed by atoms with Crippen molar-refractivity contribution in [2.75, 3.05) is 44.7 Å². The Kier molecular flexibility index (Phi) is 7.58. The molecule has 34 heavy (non-hydrogen) atoms. The van der Waals surface area contributed by atoms with E-state index in [-0.39, 0.29) is 18.6 Å². The van der Waals surface area contributed by atoms with Gasteiger partial charge in [-0.05, 0) is 74.9 Å². The molecule has 2 aliphatic heterocycles. The van der Waals surface area contributed by atoms with E-state index in [9.17, 15) is 14.3 Å². The lowest BCUT2D eigenvalue weighted by Gasteiger charge is -2.39. The molecule has 0 aliphatic carbocycles. The summed E-state index contributed by atoms with van der Waals surface area (Å²) in [6, 6.07) is 16.7. The van der Waals surface area contributed by atoms with Crippen LogP contribution < -0.4 is 4.90 Å². The number of aliphatic hydroxyl groups is 1. The largest absolute Gasteiger partial charge is 0.394 e. The van der Waals surface area contributed by atoms with E-state index in [0.29, 0.717) is 24.7 Å². The van der Waals surface area contributed by atoms with Gasteiger partial charge in [0.2, 0.25) is 0 Å². The normalized spacial score (nSPS) is 20.0. The van der Waals surface area contributed by atoms with Crippen LogP contribution in [0.5, 0.6) is 0 Å². The Balaban J connectivity index is 1.36. The maximum atomic E-state index is 14.0. The average Bonchev–Trinajstić information content (AvgIpc) is 3.32. The lowest BCUT2D eigenvalue weighted by atomic mass is 10.00. The summed E-state index contributed by atoms with van der Waals surface area (Å²) in [6.07, 6.45) is 3.90. The number of benzene rings is 2. The molecule has 0 spiro atoms. The molecule has 184 valence electrons. The molecule has 4 rings (SSSR count). The number of rotatable bonds is 7. The summed E-state index contributed by atoms with van der Waals surface area (Å²) in [5.41, 5.74) is 2.90. The fraction of sp³-hybridized carbons (Fsp3) is 0.536. The molecule has 2 aromatic carbocycles. The van der Waals surface area contributed by atoms with Gasteiger partial charge in [0.15, 0.2) is 0 Å². The molecule has 1 N–H and O–H groups in total. The van der Waals surface area contributed by atoms with Crippen molar-refractivity contribution in [2.24, 2.45) is 0 Å². The Morgan fingerprint density at radius 2 is 1.59 bits per heavy atom. The van der Waals surface area contributed by atoms with Crippen LogP contribution >= 0.6 is 0 Å². The highest BCUT2D eigenvalue weighted by Gasteiger charge is 2.29. The van der Waals surface area contributed by atoms with Gasteiger partial charge in [0, 0.05) is 50.5 Å². The van der Waals surface area contributed by atoms with Gasteiger partial charge in [0.05, 0.1) is 12.6 Å².